The Balaban J connectivity index is 2.07. The molecule has 112 valence electrons. The number of benzene rings is 1. The monoisotopic (exact) mass is 310 g/mol. The molecule has 1 saturated heterocycles. The highest BCUT2D eigenvalue weighted by Crippen LogP contribution is 2.24. The van der Waals surface area contributed by atoms with Crippen molar-refractivity contribution in [1.29, 1.82) is 0 Å². The van der Waals surface area contributed by atoms with Crippen LogP contribution in [-0.4, -0.2) is 42.3 Å². The number of Topliss-reactive ketones (excluding diaryl/α,β-unsaturated/α-hetero) is 1. The molecule has 1 aromatic rings. The molecule has 0 aliphatic carbocycles. The zero-order chi connectivity index (χ0) is 15.4. The summed E-state index contributed by atoms with van der Waals surface area (Å²) in [5.41, 5.74) is 0.337. The minimum Gasteiger partial charge on any atom is -0.483 e. The van der Waals surface area contributed by atoms with E-state index in [0.717, 1.165) is 4.90 Å². The van der Waals surface area contributed by atoms with Gasteiger partial charge < -0.3 is 10.1 Å². The van der Waals surface area contributed by atoms with E-state index in [1.807, 2.05) is 0 Å². The topological polar surface area (TPSA) is 75.7 Å². The minimum absolute atomic E-state index is 0.126. The number of carbonyl (C=O) groups is 3. The summed E-state index contributed by atoms with van der Waals surface area (Å²) in [7, 11) is 0. The third-order valence-corrected chi connectivity index (χ3v) is 3.31. The van der Waals surface area contributed by atoms with Crippen molar-refractivity contribution in [3.63, 3.8) is 0 Å². The number of hydrogen-bond donors (Lipinski definition) is 1. The molecule has 0 aromatic heterocycles. The number of urea groups is 1. The molecule has 0 saturated carbocycles. The van der Waals surface area contributed by atoms with E-state index in [-0.39, 0.29) is 12.4 Å². The summed E-state index contributed by atoms with van der Waals surface area (Å²) in [6.45, 7) is 2.18. The van der Waals surface area contributed by atoms with Crippen molar-refractivity contribution in [3.8, 4) is 5.75 Å². The lowest BCUT2D eigenvalue weighted by atomic mass is 10.1. The first-order chi connectivity index (χ1) is 10.0. The molecule has 1 aliphatic rings. The Morgan fingerprint density at radius 1 is 1.43 bits per heavy atom. The predicted molar refractivity (Wildman–Crippen MR) is 76.7 cm³/mol. The number of imide groups is 1. The number of nitrogens with one attached hydrogen (secondary N) is 1. The number of rotatable bonds is 5. The van der Waals surface area contributed by atoms with E-state index in [1.165, 1.54) is 6.07 Å². The zero-order valence-electron chi connectivity index (χ0n) is 11.5. The predicted octanol–water partition coefficient (Wildman–Crippen LogP) is 1.86. The molecule has 0 unspecified atom stereocenters. The van der Waals surface area contributed by atoms with Gasteiger partial charge in [-0.25, -0.2) is 4.79 Å². The summed E-state index contributed by atoms with van der Waals surface area (Å²) in [6, 6.07) is 4.21. The van der Waals surface area contributed by atoms with Crippen LogP contribution in [0.3, 0.4) is 0 Å². The van der Waals surface area contributed by atoms with Gasteiger partial charge in [0.25, 0.3) is 5.91 Å². The second kappa shape index (κ2) is 6.58. The van der Waals surface area contributed by atoms with Crippen molar-refractivity contribution in [2.45, 2.75) is 13.3 Å². The van der Waals surface area contributed by atoms with E-state index < -0.39 is 11.9 Å². The molecule has 0 bridgehead atoms. The van der Waals surface area contributed by atoms with Crippen molar-refractivity contribution in [3.05, 3.63) is 28.8 Å². The van der Waals surface area contributed by atoms with Gasteiger partial charge in [-0.3, -0.25) is 14.5 Å². The Hall–Kier alpha value is -2.08. The molecular formula is C14H15ClN2O4. The van der Waals surface area contributed by atoms with Crippen LogP contribution in [0.2, 0.25) is 5.02 Å². The maximum atomic E-state index is 11.9. The molecule has 0 spiro atoms. The molecule has 1 aliphatic heterocycles. The molecule has 0 atom stereocenters. The molecule has 1 heterocycles. The van der Waals surface area contributed by atoms with Crippen molar-refractivity contribution < 1.29 is 19.1 Å². The lowest BCUT2D eigenvalue weighted by Gasteiger charge is -2.14. The van der Waals surface area contributed by atoms with Crippen LogP contribution in [-0.2, 0) is 4.79 Å². The van der Waals surface area contributed by atoms with Gasteiger partial charge in [-0.15, -0.1) is 0 Å². The maximum absolute atomic E-state index is 11.9. The Bertz CT molecular complexity index is 588. The van der Waals surface area contributed by atoms with Gasteiger partial charge >= 0.3 is 6.03 Å². The number of nitrogens with zero attached hydrogens (tertiary/aromatic N) is 1. The third kappa shape index (κ3) is 3.52. The molecule has 0 radical (unpaired) electrons. The van der Waals surface area contributed by atoms with E-state index in [2.05, 4.69) is 5.32 Å². The normalized spacial score (nSPS) is 14.0. The van der Waals surface area contributed by atoms with E-state index in [0.29, 0.717) is 35.8 Å². The average Bonchev–Trinajstić information content (AvgIpc) is 2.91. The quantitative estimate of drug-likeness (QED) is 0.842. The molecule has 1 fully saturated rings. The van der Waals surface area contributed by atoms with E-state index in [9.17, 15) is 14.4 Å². The minimum atomic E-state index is -0.449. The van der Waals surface area contributed by atoms with E-state index in [4.69, 9.17) is 16.3 Å². The van der Waals surface area contributed by atoms with Gasteiger partial charge in [0.1, 0.15) is 5.75 Å². The summed E-state index contributed by atoms with van der Waals surface area (Å²) < 4.78 is 5.39. The molecular weight excluding hydrogens is 296 g/mol. The van der Waals surface area contributed by atoms with Crippen LogP contribution >= 0.6 is 11.6 Å². The fourth-order valence-electron chi connectivity index (χ4n) is 1.96. The largest absolute Gasteiger partial charge is 0.483 e. The third-order valence-electron chi connectivity index (χ3n) is 3.07. The molecule has 21 heavy (non-hydrogen) atoms. The van der Waals surface area contributed by atoms with Crippen molar-refractivity contribution >= 4 is 29.3 Å². The van der Waals surface area contributed by atoms with E-state index >= 15 is 0 Å². The Kier molecular flexibility index (Phi) is 4.80. The highest BCUT2D eigenvalue weighted by atomic mass is 35.5. The Morgan fingerprint density at radius 3 is 2.81 bits per heavy atom. The summed E-state index contributed by atoms with van der Waals surface area (Å²) in [6.07, 6.45) is 0.305. The summed E-state index contributed by atoms with van der Waals surface area (Å²) in [5, 5.41) is 2.95. The van der Waals surface area contributed by atoms with Crippen molar-refractivity contribution in [2.75, 3.05) is 19.7 Å². The van der Waals surface area contributed by atoms with E-state index in [1.54, 1.807) is 19.1 Å². The fourth-order valence-corrected chi connectivity index (χ4v) is 2.14. The van der Waals surface area contributed by atoms with Crippen LogP contribution in [0.15, 0.2) is 18.2 Å². The molecule has 6 nitrogen and oxygen atoms in total. The van der Waals surface area contributed by atoms with Gasteiger partial charge in [-0.05, 0) is 18.2 Å². The van der Waals surface area contributed by atoms with Gasteiger partial charge in [0.2, 0.25) is 0 Å². The Labute approximate surface area is 127 Å². The first kappa shape index (κ1) is 15.3. The maximum Gasteiger partial charge on any atom is 0.324 e. The van der Waals surface area contributed by atoms with Gasteiger partial charge in [0.15, 0.2) is 12.4 Å². The standard InChI is InChI=1S/C14H15ClN2O4/c1-2-11(18)10-7-9(15)3-4-12(10)21-8-13(19)17-6-5-16-14(17)20/h3-4,7H,2,5-6,8H2,1H3,(H,16,20). The number of amides is 3. The highest BCUT2D eigenvalue weighted by molar-refractivity contribution is 6.31. The lowest BCUT2D eigenvalue weighted by molar-refractivity contribution is -0.129. The van der Waals surface area contributed by atoms with Crippen LogP contribution in [0, 0.1) is 0 Å². The number of ketones is 1. The van der Waals surface area contributed by atoms with Crippen LogP contribution in [0.5, 0.6) is 5.75 Å². The van der Waals surface area contributed by atoms with Crippen molar-refractivity contribution in [2.24, 2.45) is 0 Å². The van der Waals surface area contributed by atoms with Gasteiger partial charge in [-0.2, -0.15) is 0 Å². The summed E-state index contributed by atoms with van der Waals surface area (Å²) in [5.74, 6) is -0.284. The SMILES string of the molecule is CCC(=O)c1cc(Cl)ccc1OCC(=O)N1CCNC1=O. The molecule has 1 N–H and O–H groups in total. The molecule has 3 amide bonds. The van der Waals surface area contributed by atoms with Gasteiger partial charge in [0, 0.05) is 24.5 Å². The second-order valence-electron chi connectivity index (χ2n) is 4.48. The first-order valence-electron chi connectivity index (χ1n) is 6.56. The van der Waals surface area contributed by atoms with Crippen LogP contribution in [0.1, 0.15) is 23.7 Å². The number of carbonyl (C=O) groups excluding carboxylic acids is 3. The zero-order valence-corrected chi connectivity index (χ0v) is 12.3. The van der Waals surface area contributed by atoms with Crippen molar-refractivity contribution in [1.82, 2.24) is 10.2 Å². The average molecular weight is 311 g/mol. The molecule has 1 aromatic carbocycles. The summed E-state index contributed by atoms with van der Waals surface area (Å²) in [4.78, 5) is 36.2. The number of halogens is 1. The van der Waals surface area contributed by atoms with Gasteiger partial charge in [-0.1, -0.05) is 18.5 Å². The van der Waals surface area contributed by atoms with Crippen LogP contribution in [0.25, 0.3) is 0 Å². The van der Waals surface area contributed by atoms with Crippen LogP contribution < -0.4 is 10.1 Å². The summed E-state index contributed by atoms with van der Waals surface area (Å²) >= 11 is 5.87. The molecule has 7 heteroatoms. The number of ether oxygens (including phenoxy) is 1. The smallest absolute Gasteiger partial charge is 0.324 e. The lowest BCUT2D eigenvalue weighted by Crippen LogP contribution is -2.37. The first-order valence-corrected chi connectivity index (χ1v) is 6.94. The molecule has 2 rings (SSSR count). The fraction of sp³-hybridized carbons (Fsp3) is 0.357. The van der Waals surface area contributed by atoms with Crippen LogP contribution in [0.4, 0.5) is 4.79 Å². The highest BCUT2D eigenvalue weighted by Gasteiger charge is 2.26. The van der Waals surface area contributed by atoms with Gasteiger partial charge in [0.05, 0.1) is 5.56 Å². The second-order valence-corrected chi connectivity index (χ2v) is 4.92. The number of hydrogen-bond acceptors (Lipinski definition) is 4. The Morgan fingerprint density at radius 2 is 2.19 bits per heavy atom.